The number of terminal acetylenes is 1. The summed E-state index contributed by atoms with van der Waals surface area (Å²) in [6.07, 6.45) is 5.08. The Kier molecular flexibility index (Phi) is 5.23. The van der Waals surface area contributed by atoms with E-state index in [1.54, 1.807) is 12.1 Å². The van der Waals surface area contributed by atoms with Gasteiger partial charge in [-0.05, 0) is 17.7 Å². The molecule has 0 unspecified atom stereocenters. The van der Waals surface area contributed by atoms with Crippen molar-refractivity contribution in [3.05, 3.63) is 29.8 Å². The number of rotatable bonds is 5. The number of nitrogens with one attached hydrogen (secondary N) is 2. The molecule has 1 rings (SSSR count). The lowest BCUT2D eigenvalue weighted by Gasteiger charge is -2.14. The van der Waals surface area contributed by atoms with Crippen molar-refractivity contribution < 1.29 is 19.8 Å². The van der Waals surface area contributed by atoms with Gasteiger partial charge in [0.1, 0.15) is 11.8 Å². The van der Waals surface area contributed by atoms with Crippen molar-refractivity contribution in [1.29, 1.82) is 0 Å². The molecule has 4 N–H and O–H groups in total. The van der Waals surface area contributed by atoms with Crippen LogP contribution >= 0.6 is 0 Å². The molecule has 0 radical (unpaired) electrons. The number of benzene rings is 1. The topological polar surface area (TPSA) is 98.7 Å². The van der Waals surface area contributed by atoms with Crippen molar-refractivity contribution in [2.75, 3.05) is 6.54 Å². The Hall–Kier alpha value is -2.68. The average Bonchev–Trinajstić information content (AvgIpc) is 2.38. The van der Waals surface area contributed by atoms with Gasteiger partial charge < -0.3 is 20.8 Å². The third-order valence-electron chi connectivity index (χ3n) is 2.33. The molecule has 1 atom stereocenters. The van der Waals surface area contributed by atoms with Gasteiger partial charge in [-0.2, -0.15) is 0 Å². The lowest BCUT2D eigenvalue weighted by atomic mass is 10.1. The van der Waals surface area contributed by atoms with Gasteiger partial charge in [-0.15, -0.1) is 6.42 Å². The number of carbonyl (C=O) groups excluding carboxylic acids is 1. The summed E-state index contributed by atoms with van der Waals surface area (Å²) in [5, 5.41) is 22.8. The van der Waals surface area contributed by atoms with Crippen LogP contribution in [0.15, 0.2) is 24.3 Å². The molecule has 0 spiro atoms. The fourth-order valence-electron chi connectivity index (χ4n) is 1.41. The number of carboxylic acids is 1. The van der Waals surface area contributed by atoms with Gasteiger partial charge in [0.05, 0.1) is 6.54 Å². The van der Waals surface area contributed by atoms with Crippen LogP contribution in [0.25, 0.3) is 0 Å². The van der Waals surface area contributed by atoms with Gasteiger partial charge in [-0.25, -0.2) is 9.59 Å². The predicted octanol–water partition coefficient (Wildman–Crippen LogP) is 0.320. The lowest BCUT2D eigenvalue weighted by molar-refractivity contribution is -0.139. The highest BCUT2D eigenvalue weighted by Crippen LogP contribution is 2.11. The average molecular weight is 262 g/mol. The molecule has 0 bridgehead atoms. The first-order chi connectivity index (χ1) is 9.02. The molecule has 1 aromatic carbocycles. The largest absolute Gasteiger partial charge is 0.508 e. The zero-order valence-electron chi connectivity index (χ0n) is 10.1. The number of urea groups is 1. The standard InChI is InChI=1S/C13H14N2O4/c1-2-7-14-13(19)15-11(12(17)18)8-9-3-5-10(16)6-4-9/h1,3-6,11,16H,7-8H2,(H,17,18)(H2,14,15,19)/t11-/m0/s1. The molecule has 0 fully saturated rings. The van der Waals surface area contributed by atoms with Crippen LogP contribution in [0.3, 0.4) is 0 Å². The summed E-state index contributed by atoms with van der Waals surface area (Å²) in [5.41, 5.74) is 0.683. The molecule has 0 aliphatic carbocycles. The van der Waals surface area contributed by atoms with E-state index in [0.717, 1.165) is 0 Å². The van der Waals surface area contributed by atoms with Gasteiger partial charge in [0.15, 0.2) is 0 Å². The number of phenols is 1. The zero-order valence-corrected chi connectivity index (χ0v) is 10.1. The molecule has 0 aliphatic rings. The molecule has 0 saturated carbocycles. The van der Waals surface area contributed by atoms with Gasteiger partial charge in [0.2, 0.25) is 0 Å². The number of phenolic OH excluding ortho intramolecular Hbond substituents is 1. The maximum absolute atomic E-state index is 11.3. The van der Waals surface area contributed by atoms with Crippen molar-refractivity contribution in [3.8, 4) is 18.1 Å². The normalized spacial score (nSPS) is 11.1. The maximum Gasteiger partial charge on any atom is 0.326 e. The first-order valence-corrected chi connectivity index (χ1v) is 5.51. The summed E-state index contributed by atoms with van der Waals surface area (Å²) in [7, 11) is 0. The Morgan fingerprint density at radius 1 is 1.32 bits per heavy atom. The van der Waals surface area contributed by atoms with E-state index in [1.165, 1.54) is 12.1 Å². The van der Waals surface area contributed by atoms with Crippen LogP contribution in [0, 0.1) is 12.3 Å². The molecule has 100 valence electrons. The zero-order chi connectivity index (χ0) is 14.3. The number of amides is 2. The summed E-state index contributed by atoms with van der Waals surface area (Å²) >= 11 is 0. The molecule has 2 amide bonds. The monoisotopic (exact) mass is 262 g/mol. The summed E-state index contributed by atoms with van der Waals surface area (Å²) < 4.78 is 0. The van der Waals surface area contributed by atoms with Crippen molar-refractivity contribution in [3.63, 3.8) is 0 Å². The van der Waals surface area contributed by atoms with Crippen molar-refractivity contribution in [2.24, 2.45) is 0 Å². The van der Waals surface area contributed by atoms with Gasteiger partial charge in [0.25, 0.3) is 0 Å². The van der Waals surface area contributed by atoms with E-state index in [4.69, 9.17) is 16.6 Å². The molecular formula is C13H14N2O4. The molecule has 6 nitrogen and oxygen atoms in total. The van der Waals surface area contributed by atoms with E-state index in [9.17, 15) is 9.59 Å². The molecule has 0 aromatic heterocycles. The van der Waals surface area contributed by atoms with Crippen LogP contribution in [0.2, 0.25) is 0 Å². The van der Waals surface area contributed by atoms with E-state index >= 15 is 0 Å². The molecule has 0 saturated heterocycles. The van der Waals surface area contributed by atoms with Gasteiger partial charge in [-0.3, -0.25) is 0 Å². The van der Waals surface area contributed by atoms with E-state index < -0.39 is 18.0 Å². The van der Waals surface area contributed by atoms with Crippen LogP contribution in [0.1, 0.15) is 5.56 Å². The molecular weight excluding hydrogens is 248 g/mol. The number of aromatic hydroxyl groups is 1. The second kappa shape index (κ2) is 6.91. The number of hydrogen-bond donors (Lipinski definition) is 4. The summed E-state index contributed by atoms with van der Waals surface area (Å²) in [6, 6.07) is 4.38. The maximum atomic E-state index is 11.3. The Bertz CT molecular complexity index is 490. The minimum absolute atomic E-state index is 0.0252. The number of carboxylic acid groups (broad SMARTS) is 1. The fourth-order valence-corrected chi connectivity index (χ4v) is 1.41. The van der Waals surface area contributed by atoms with Crippen LogP contribution in [-0.4, -0.2) is 34.8 Å². The Balaban J connectivity index is 2.63. The van der Waals surface area contributed by atoms with E-state index in [1.807, 2.05) is 0 Å². The first-order valence-electron chi connectivity index (χ1n) is 5.51. The second-order valence-corrected chi connectivity index (χ2v) is 3.79. The smallest absolute Gasteiger partial charge is 0.326 e. The highest BCUT2D eigenvalue weighted by atomic mass is 16.4. The van der Waals surface area contributed by atoms with E-state index in [2.05, 4.69) is 16.6 Å². The molecule has 0 aliphatic heterocycles. The number of carbonyl (C=O) groups is 2. The van der Waals surface area contributed by atoms with Crippen molar-refractivity contribution >= 4 is 12.0 Å². The van der Waals surface area contributed by atoms with Gasteiger partial charge >= 0.3 is 12.0 Å². The minimum Gasteiger partial charge on any atom is -0.508 e. The summed E-state index contributed by atoms with van der Waals surface area (Å²) in [4.78, 5) is 22.4. The molecule has 1 aromatic rings. The predicted molar refractivity (Wildman–Crippen MR) is 68.6 cm³/mol. The van der Waals surface area contributed by atoms with Crippen LogP contribution < -0.4 is 10.6 Å². The van der Waals surface area contributed by atoms with Crippen molar-refractivity contribution in [2.45, 2.75) is 12.5 Å². The highest BCUT2D eigenvalue weighted by molar-refractivity contribution is 5.82. The van der Waals surface area contributed by atoms with E-state index in [-0.39, 0.29) is 18.7 Å². The van der Waals surface area contributed by atoms with Crippen LogP contribution in [0.5, 0.6) is 5.75 Å². The Labute approximate surface area is 110 Å². The molecule has 0 heterocycles. The quantitative estimate of drug-likeness (QED) is 0.574. The fraction of sp³-hybridized carbons (Fsp3) is 0.231. The molecule has 19 heavy (non-hydrogen) atoms. The van der Waals surface area contributed by atoms with Gasteiger partial charge in [-0.1, -0.05) is 18.1 Å². The Morgan fingerprint density at radius 2 is 1.95 bits per heavy atom. The minimum atomic E-state index is -1.15. The summed E-state index contributed by atoms with van der Waals surface area (Å²) in [6.45, 7) is 0.0252. The number of aliphatic carboxylic acids is 1. The van der Waals surface area contributed by atoms with Gasteiger partial charge in [0, 0.05) is 6.42 Å². The molecule has 6 heteroatoms. The third-order valence-corrected chi connectivity index (χ3v) is 2.33. The van der Waals surface area contributed by atoms with Crippen LogP contribution in [-0.2, 0) is 11.2 Å². The Morgan fingerprint density at radius 3 is 2.47 bits per heavy atom. The first kappa shape index (κ1) is 14.4. The van der Waals surface area contributed by atoms with E-state index in [0.29, 0.717) is 5.56 Å². The SMILES string of the molecule is C#CCNC(=O)N[C@@H](Cc1ccc(O)cc1)C(=O)O. The highest BCUT2D eigenvalue weighted by Gasteiger charge is 2.20. The lowest BCUT2D eigenvalue weighted by Crippen LogP contribution is -2.47. The van der Waals surface area contributed by atoms with Crippen LogP contribution in [0.4, 0.5) is 4.79 Å². The van der Waals surface area contributed by atoms with Crippen molar-refractivity contribution in [1.82, 2.24) is 10.6 Å². The third kappa shape index (κ3) is 5.00. The number of hydrogen-bond acceptors (Lipinski definition) is 3. The second-order valence-electron chi connectivity index (χ2n) is 3.79. The summed E-state index contributed by atoms with van der Waals surface area (Å²) in [5.74, 6) is 1.15.